The number of rotatable bonds is 5. The van der Waals surface area contributed by atoms with Gasteiger partial charge in [0.1, 0.15) is 5.82 Å². The molecule has 1 saturated carbocycles. The van der Waals surface area contributed by atoms with Gasteiger partial charge in [0.05, 0.1) is 0 Å². The summed E-state index contributed by atoms with van der Waals surface area (Å²) < 4.78 is 24.9. The van der Waals surface area contributed by atoms with Gasteiger partial charge in [-0.05, 0) is 55.2 Å². The molecule has 3 rings (SSSR count). The monoisotopic (exact) mass is 317 g/mol. The van der Waals surface area contributed by atoms with E-state index in [1.807, 2.05) is 30.3 Å². The van der Waals surface area contributed by atoms with Crippen LogP contribution < -0.4 is 5.32 Å². The summed E-state index contributed by atoms with van der Waals surface area (Å²) in [6, 6.07) is 14.8. The highest BCUT2D eigenvalue weighted by Gasteiger charge is 2.45. The molecule has 2 nitrogen and oxygen atoms in total. The normalized spacial score (nSPS) is 18.7. The van der Waals surface area contributed by atoms with Crippen LogP contribution in [0.3, 0.4) is 0 Å². The van der Waals surface area contributed by atoms with E-state index < -0.39 is 10.8 Å². The molecule has 2 aromatic rings. The standard InChI is InChI=1S/C18H20FNOS/c1-13(14-6-8-17(9-7-14)22(2)21)20-18(10-11-18)15-4-3-5-16(19)12-15/h3-9,12-13,20H,10-11H2,1-2H3/t13-,22+/m0/s1. The first-order valence-corrected chi connectivity index (χ1v) is 9.03. The van der Waals surface area contributed by atoms with Crippen LogP contribution in [0, 0.1) is 5.82 Å². The maximum atomic E-state index is 13.4. The van der Waals surface area contributed by atoms with Gasteiger partial charge in [0.25, 0.3) is 0 Å². The van der Waals surface area contributed by atoms with Crippen molar-refractivity contribution in [3.8, 4) is 0 Å². The minimum absolute atomic E-state index is 0.103. The van der Waals surface area contributed by atoms with Crippen molar-refractivity contribution in [1.82, 2.24) is 5.32 Å². The van der Waals surface area contributed by atoms with E-state index in [2.05, 4.69) is 12.2 Å². The highest BCUT2D eigenvalue weighted by Crippen LogP contribution is 2.47. The molecule has 1 fully saturated rings. The summed E-state index contributed by atoms with van der Waals surface area (Å²) in [6.07, 6.45) is 3.73. The van der Waals surface area contributed by atoms with Crippen LogP contribution in [0.4, 0.5) is 4.39 Å². The molecule has 0 heterocycles. The summed E-state index contributed by atoms with van der Waals surface area (Å²) in [7, 11) is -0.952. The third-order valence-corrected chi connectivity index (χ3v) is 5.27. The number of halogens is 1. The average molecular weight is 317 g/mol. The van der Waals surface area contributed by atoms with Crippen LogP contribution in [0.1, 0.15) is 36.9 Å². The molecule has 1 aliphatic rings. The maximum absolute atomic E-state index is 13.4. The molecular weight excluding hydrogens is 297 g/mol. The van der Waals surface area contributed by atoms with Gasteiger partial charge in [-0.15, -0.1) is 0 Å². The van der Waals surface area contributed by atoms with Crippen molar-refractivity contribution in [2.24, 2.45) is 0 Å². The lowest BCUT2D eigenvalue weighted by Gasteiger charge is -2.24. The Morgan fingerprint density at radius 2 is 1.86 bits per heavy atom. The fourth-order valence-corrected chi connectivity index (χ4v) is 3.39. The highest BCUT2D eigenvalue weighted by molar-refractivity contribution is 7.84. The second-order valence-electron chi connectivity index (χ2n) is 5.98. The molecule has 0 unspecified atom stereocenters. The van der Waals surface area contributed by atoms with Crippen LogP contribution in [0.15, 0.2) is 53.4 Å². The predicted octanol–water partition coefficient (Wildman–Crippen LogP) is 3.90. The van der Waals surface area contributed by atoms with E-state index in [4.69, 9.17) is 0 Å². The Bertz CT molecular complexity index is 694. The zero-order valence-electron chi connectivity index (χ0n) is 12.8. The molecule has 4 heteroatoms. The van der Waals surface area contributed by atoms with Gasteiger partial charge in [-0.2, -0.15) is 0 Å². The predicted molar refractivity (Wildman–Crippen MR) is 87.6 cm³/mol. The largest absolute Gasteiger partial charge is 0.301 e. The minimum atomic E-state index is -0.952. The summed E-state index contributed by atoms with van der Waals surface area (Å²) in [5, 5.41) is 3.63. The van der Waals surface area contributed by atoms with E-state index in [1.165, 1.54) is 6.07 Å². The second-order valence-corrected chi connectivity index (χ2v) is 7.36. The molecule has 1 N–H and O–H groups in total. The van der Waals surface area contributed by atoms with Crippen molar-refractivity contribution in [3.63, 3.8) is 0 Å². The zero-order chi connectivity index (χ0) is 15.7. The molecule has 0 aliphatic heterocycles. The van der Waals surface area contributed by atoms with Gasteiger partial charge in [0, 0.05) is 33.5 Å². The van der Waals surface area contributed by atoms with Crippen molar-refractivity contribution < 1.29 is 8.60 Å². The number of hydrogen-bond donors (Lipinski definition) is 1. The number of hydrogen-bond acceptors (Lipinski definition) is 2. The lowest BCUT2D eigenvalue weighted by Crippen LogP contribution is -2.31. The SMILES string of the molecule is C[C@H](NC1(c2cccc(F)c2)CC1)c1ccc([S@@](C)=O)cc1. The van der Waals surface area contributed by atoms with Crippen LogP contribution >= 0.6 is 0 Å². The molecule has 2 aromatic carbocycles. The molecule has 0 amide bonds. The Morgan fingerprint density at radius 1 is 1.18 bits per heavy atom. The average Bonchev–Trinajstić information content (AvgIpc) is 3.28. The van der Waals surface area contributed by atoms with Crippen LogP contribution in [0.25, 0.3) is 0 Å². The van der Waals surface area contributed by atoms with Crippen LogP contribution in [0.2, 0.25) is 0 Å². The van der Waals surface area contributed by atoms with Crippen LogP contribution in [-0.2, 0) is 16.3 Å². The zero-order valence-corrected chi connectivity index (χ0v) is 13.6. The number of benzene rings is 2. The molecule has 0 saturated heterocycles. The lowest BCUT2D eigenvalue weighted by molar-refractivity contribution is 0.448. The van der Waals surface area contributed by atoms with Crippen LogP contribution in [0.5, 0.6) is 0 Å². The lowest BCUT2D eigenvalue weighted by atomic mass is 10.0. The third-order valence-electron chi connectivity index (χ3n) is 4.33. The Kier molecular flexibility index (Phi) is 4.15. The quantitative estimate of drug-likeness (QED) is 0.906. The van der Waals surface area contributed by atoms with Crippen molar-refractivity contribution >= 4 is 10.8 Å². The van der Waals surface area contributed by atoms with E-state index >= 15 is 0 Å². The first kappa shape index (κ1) is 15.4. The minimum Gasteiger partial charge on any atom is -0.301 e. The van der Waals surface area contributed by atoms with E-state index in [0.29, 0.717) is 0 Å². The van der Waals surface area contributed by atoms with Gasteiger partial charge in [0.15, 0.2) is 0 Å². The first-order chi connectivity index (χ1) is 10.5. The molecule has 22 heavy (non-hydrogen) atoms. The Labute approximate surface area is 133 Å². The Hall–Kier alpha value is -1.52. The number of nitrogens with one attached hydrogen (secondary N) is 1. The summed E-state index contributed by atoms with van der Waals surface area (Å²) in [4.78, 5) is 0.835. The van der Waals surface area contributed by atoms with Crippen molar-refractivity contribution in [1.29, 1.82) is 0 Å². The molecular formula is C18H20FNOS. The van der Waals surface area contributed by atoms with Crippen molar-refractivity contribution in [2.75, 3.05) is 6.26 Å². The van der Waals surface area contributed by atoms with Gasteiger partial charge >= 0.3 is 0 Å². The van der Waals surface area contributed by atoms with Crippen molar-refractivity contribution in [3.05, 3.63) is 65.5 Å². The van der Waals surface area contributed by atoms with Gasteiger partial charge < -0.3 is 5.32 Å². The molecule has 0 bridgehead atoms. The summed E-state index contributed by atoms with van der Waals surface area (Å²) in [5.41, 5.74) is 2.07. The van der Waals surface area contributed by atoms with Gasteiger partial charge in [0.2, 0.25) is 0 Å². The Morgan fingerprint density at radius 3 is 2.41 bits per heavy atom. The molecule has 0 aromatic heterocycles. The van der Waals surface area contributed by atoms with E-state index in [0.717, 1.165) is 28.9 Å². The van der Waals surface area contributed by atoms with Gasteiger partial charge in [-0.3, -0.25) is 4.21 Å². The van der Waals surface area contributed by atoms with Gasteiger partial charge in [-0.25, -0.2) is 4.39 Å². The van der Waals surface area contributed by atoms with E-state index in [1.54, 1.807) is 18.4 Å². The molecule has 0 spiro atoms. The van der Waals surface area contributed by atoms with Gasteiger partial charge in [-0.1, -0.05) is 24.3 Å². The van der Waals surface area contributed by atoms with Crippen LogP contribution in [-0.4, -0.2) is 10.5 Å². The molecule has 0 radical (unpaired) electrons. The Balaban J connectivity index is 1.76. The molecule has 2 atom stereocenters. The molecule has 1 aliphatic carbocycles. The highest BCUT2D eigenvalue weighted by atomic mass is 32.2. The topological polar surface area (TPSA) is 29.1 Å². The molecule has 116 valence electrons. The first-order valence-electron chi connectivity index (χ1n) is 7.47. The van der Waals surface area contributed by atoms with E-state index in [-0.39, 0.29) is 17.4 Å². The third kappa shape index (κ3) is 3.13. The fraction of sp³-hybridized carbons (Fsp3) is 0.333. The van der Waals surface area contributed by atoms with E-state index in [9.17, 15) is 8.60 Å². The summed E-state index contributed by atoms with van der Waals surface area (Å²) in [6.45, 7) is 2.11. The summed E-state index contributed by atoms with van der Waals surface area (Å²) in [5.74, 6) is -0.187. The van der Waals surface area contributed by atoms with Crippen molar-refractivity contribution in [2.45, 2.75) is 36.2 Å². The maximum Gasteiger partial charge on any atom is 0.123 e. The fourth-order valence-electron chi connectivity index (χ4n) is 2.87. The smallest absolute Gasteiger partial charge is 0.123 e. The summed E-state index contributed by atoms with van der Waals surface area (Å²) >= 11 is 0. The second kappa shape index (κ2) is 5.94.